The van der Waals surface area contributed by atoms with E-state index in [4.69, 9.17) is 11.6 Å². The van der Waals surface area contributed by atoms with Gasteiger partial charge in [-0.25, -0.2) is 4.98 Å². The lowest BCUT2D eigenvalue weighted by molar-refractivity contribution is 0.529. The molecule has 4 nitrogen and oxygen atoms in total. The summed E-state index contributed by atoms with van der Waals surface area (Å²) in [6.07, 6.45) is 9.91. The number of nitrogens with one attached hydrogen (secondary N) is 1. The zero-order valence-corrected chi connectivity index (χ0v) is 10.0. The first-order valence-corrected chi connectivity index (χ1v) is 6.15. The highest BCUT2D eigenvalue weighted by Crippen LogP contribution is 2.28. The van der Waals surface area contributed by atoms with Crippen molar-refractivity contribution in [1.29, 1.82) is 0 Å². The van der Waals surface area contributed by atoms with E-state index in [1.807, 2.05) is 12.1 Å². The van der Waals surface area contributed by atoms with Crippen molar-refractivity contribution in [2.24, 2.45) is 5.84 Å². The number of anilines is 1. The number of hydrogen-bond donors (Lipinski definition) is 3. The molecule has 2 rings (SSSR count). The predicted molar refractivity (Wildman–Crippen MR) is 69.9 cm³/mol. The average molecular weight is 232 g/mol. The van der Waals surface area contributed by atoms with Gasteiger partial charge in [0.25, 0.3) is 0 Å². The zero-order valence-electron chi connectivity index (χ0n) is 10.0. The molecule has 1 aromatic heterocycles. The second-order valence-corrected chi connectivity index (χ2v) is 4.51. The van der Waals surface area contributed by atoms with Crippen LogP contribution in [-0.2, 0) is 0 Å². The quantitative estimate of drug-likeness (QED) is 0.422. The van der Waals surface area contributed by atoms with Crippen LogP contribution in [0.15, 0.2) is 30.0 Å². The van der Waals surface area contributed by atoms with E-state index in [1.54, 1.807) is 6.20 Å². The maximum Gasteiger partial charge on any atom is 0.128 e. The van der Waals surface area contributed by atoms with Gasteiger partial charge >= 0.3 is 0 Å². The number of nitrogen functional groups attached to an aromatic ring is 1. The van der Waals surface area contributed by atoms with Crippen molar-refractivity contribution in [3.05, 3.63) is 35.5 Å². The summed E-state index contributed by atoms with van der Waals surface area (Å²) in [6, 6.07) is 3.94. The largest absolute Gasteiger partial charge is 0.383 e. The zero-order chi connectivity index (χ0) is 12.1. The van der Waals surface area contributed by atoms with Crippen LogP contribution in [0.3, 0.4) is 0 Å². The van der Waals surface area contributed by atoms with Crippen LogP contribution in [0.1, 0.15) is 43.7 Å². The third-order valence-corrected chi connectivity index (χ3v) is 3.30. The van der Waals surface area contributed by atoms with Crippen LogP contribution >= 0.6 is 0 Å². The Kier molecular flexibility index (Phi) is 4.12. The lowest BCUT2D eigenvalue weighted by Crippen LogP contribution is -2.29. The number of nitrogens with two attached hydrogens (primary N) is 2. The van der Waals surface area contributed by atoms with Gasteiger partial charge in [0.15, 0.2) is 0 Å². The van der Waals surface area contributed by atoms with Crippen LogP contribution in [0.4, 0.5) is 5.82 Å². The molecule has 1 atom stereocenters. The second-order valence-electron chi connectivity index (χ2n) is 4.51. The van der Waals surface area contributed by atoms with Crippen molar-refractivity contribution in [3.8, 4) is 0 Å². The van der Waals surface area contributed by atoms with E-state index in [0.717, 1.165) is 12.0 Å². The molecule has 0 spiro atoms. The number of aromatic nitrogens is 1. The highest BCUT2D eigenvalue weighted by Gasteiger charge is 2.16. The number of nitrogens with zero attached hydrogens (tertiary/aromatic N) is 1. The van der Waals surface area contributed by atoms with Gasteiger partial charge in [-0.1, -0.05) is 17.7 Å². The molecule has 92 valence electrons. The van der Waals surface area contributed by atoms with Crippen LogP contribution in [0.2, 0.25) is 0 Å². The fourth-order valence-corrected chi connectivity index (χ4v) is 2.34. The molecule has 1 aliphatic carbocycles. The molecule has 0 fully saturated rings. The molecule has 0 radical (unpaired) electrons. The van der Waals surface area contributed by atoms with Gasteiger partial charge < -0.3 is 5.73 Å². The van der Waals surface area contributed by atoms with Gasteiger partial charge in [0.05, 0.1) is 6.04 Å². The van der Waals surface area contributed by atoms with Gasteiger partial charge in [-0.05, 0) is 38.2 Å². The first kappa shape index (κ1) is 12.1. The average Bonchev–Trinajstić information content (AvgIpc) is 2.38. The normalized spacial score (nSPS) is 17.6. The summed E-state index contributed by atoms with van der Waals surface area (Å²) < 4.78 is 0. The number of hydrazine groups is 1. The molecule has 4 heteroatoms. The molecular formula is C13H20N4. The SMILES string of the molecule is NNC(CC1=CCCCC1)c1cccnc1N. The molecule has 5 N–H and O–H groups in total. The molecule has 1 heterocycles. The Morgan fingerprint density at radius 1 is 1.41 bits per heavy atom. The van der Waals surface area contributed by atoms with Crippen LogP contribution in [-0.4, -0.2) is 4.98 Å². The first-order chi connectivity index (χ1) is 8.31. The minimum Gasteiger partial charge on any atom is -0.383 e. The Labute approximate surface area is 102 Å². The number of allylic oxidation sites excluding steroid dienone is 1. The van der Waals surface area contributed by atoms with E-state index in [1.165, 1.54) is 31.3 Å². The van der Waals surface area contributed by atoms with Crippen molar-refractivity contribution in [1.82, 2.24) is 10.4 Å². The number of hydrogen-bond acceptors (Lipinski definition) is 4. The number of pyridine rings is 1. The summed E-state index contributed by atoms with van der Waals surface area (Å²) in [4.78, 5) is 4.10. The van der Waals surface area contributed by atoms with E-state index in [2.05, 4.69) is 16.5 Å². The summed E-state index contributed by atoms with van der Waals surface area (Å²) in [7, 11) is 0. The van der Waals surface area contributed by atoms with Crippen molar-refractivity contribution in [3.63, 3.8) is 0 Å². The van der Waals surface area contributed by atoms with E-state index in [0.29, 0.717) is 5.82 Å². The van der Waals surface area contributed by atoms with Crippen LogP contribution in [0.25, 0.3) is 0 Å². The minimum absolute atomic E-state index is 0.0630. The number of rotatable bonds is 4. The molecule has 0 bridgehead atoms. The van der Waals surface area contributed by atoms with Gasteiger partial charge in [-0.15, -0.1) is 0 Å². The topological polar surface area (TPSA) is 77.0 Å². The molecule has 17 heavy (non-hydrogen) atoms. The molecule has 0 aliphatic heterocycles. The highest BCUT2D eigenvalue weighted by atomic mass is 15.2. The predicted octanol–water partition coefficient (Wildman–Crippen LogP) is 2.06. The summed E-state index contributed by atoms with van der Waals surface area (Å²) >= 11 is 0. The van der Waals surface area contributed by atoms with Crippen molar-refractivity contribution in [2.75, 3.05) is 5.73 Å². The molecule has 1 aromatic rings. The molecule has 0 saturated carbocycles. The van der Waals surface area contributed by atoms with Gasteiger partial charge in [0.2, 0.25) is 0 Å². The van der Waals surface area contributed by atoms with Crippen LogP contribution in [0.5, 0.6) is 0 Å². The molecule has 0 amide bonds. The van der Waals surface area contributed by atoms with Crippen LogP contribution in [0, 0.1) is 0 Å². The maximum atomic E-state index is 5.88. The van der Waals surface area contributed by atoms with Crippen LogP contribution < -0.4 is 17.0 Å². The first-order valence-electron chi connectivity index (χ1n) is 6.15. The monoisotopic (exact) mass is 232 g/mol. The maximum absolute atomic E-state index is 5.88. The summed E-state index contributed by atoms with van der Waals surface area (Å²) in [6.45, 7) is 0. The molecule has 1 aliphatic rings. The molecular weight excluding hydrogens is 212 g/mol. The Morgan fingerprint density at radius 2 is 2.29 bits per heavy atom. The Hall–Kier alpha value is -1.39. The highest BCUT2D eigenvalue weighted by molar-refractivity contribution is 5.41. The summed E-state index contributed by atoms with van der Waals surface area (Å²) in [5, 5.41) is 0. The lowest BCUT2D eigenvalue weighted by Gasteiger charge is -2.21. The lowest BCUT2D eigenvalue weighted by atomic mass is 9.92. The fraction of sp³-hybridized carbons (Fsp3) is 0.462. The van der Waals surface area contributed by atoms with Crippen molar-refractivity contribution in [2.45, 2.75) is 38.1 Å². The van der Waals surface area contributed by atoms with E-state index < -0.39 is 0 Å². The second kappa shape index (κ2) is 5.80. The van der Waals surface area contributed by atoms with E-state index >= 15 is 0 Å². The Balaban J connectivity index is 2.11. The smallest absolute Gasteiger partial charge is 0.128 e. The standard InChI is InChI=1S/C13H20N4/c14-13-11(7-4-8-16-13)12(17-15)9-10-5-2-1-3-6-10/h4-5,7-8,12,17H,1-3,6,9,15H2,(H2,14,16). The van der Waals surface area contributed by atoms with Gasteiger partial charge in [-0.2, -0.15) is 0 Å². The van der Waals surface area contributed by atoms with E-state index in [-0.39, 0.29) is 6.04 Å². The van der Waals surface area contributed by atoms with Crippen molar-refractivity contribution >= 4 is 5.82 Å². The fourth-order valence-electron chi connectivity index (χ4n) is 2.34. The van der Waals surface area contributed by atoms with E-state index in [9.17, 15) is 0 Å². The molecule has 1 unspecified atom stereocenters. The minimum atomic E-state index is 0.0630. The van der Waals surface area contributed by atoms with Gasteiger partial charge in [-0.3, -0.25) is 11.3 Å². The third-order valence-electron chi connectivity index (χ3n) is 3.30. The van der Waals surface area contributed by atoms with Gasteiger partial charge in [0.1, 0.15) is 5.82 Å². The molecule has 0 aromatic carbocycles. The Bertz CT molecular complexity index is 400. The van der Waals surface area contributed by atoms with Crippen molar-refractivity contribution < 1.29 is 0 Å². The summed E-state index contributed by atoms with van der Waals surface area (Å²) in [5.74, 6) is 6.19. The third kappa shape index (κ3) is 3.05. The Morgan fingerprint density at radius 3 is 2.94 bits per heavy atom. The summed E-state index contributed by atoms with van der Waals surface area (Å²) in [5.41, 5.74) is 11.2. The van der Waals surface area contributed by atoms with Gasteiger partial charge in [0, 0.05) is 11.8 Å². The molecule has 0 saturated heterocycles.